The van der Waals surface area contributed by atoms with Crippen molar-refractivity contribution in [2.24, 2.45) is 9.98 Å². The Hall–Kier alpha value is -3.25. The van der Waals surface area contributed by atoms with Crippen molar-refractivity contribution in [3.63, 3.8) is 0 Å². The molecule has 6 N–H and O–H groups in total. The first-order valence-corrected chi connectivity index (χ1v) is 17.3. The number of phenols is 2. The molecule has 0 heterocycles. The van der Waals surface area contributed by atoms with Gasteiger partial charge in [0.1, 0.15) is 11.5 Å². The summed E-state index contributed by atoms with van der Waals surface area (Å²) in [6.45, 7) is 26.0. The van der Waals surface area contributed by atoms with E-state index >= 15 is 0 Å². The van der Waals surface area contributed by atoms with Gasteiger partial charge >= 0.3 is 11.9 Å². The molecule has 0 spiro atoms. The normalized spacial score (nSPS) is 18.5. The van der Waals surface area contributed by atoms with Crippen LogP contribution in [0.3, 0.4) is 0 Å². The van der Waals surface area contributed by atoms with E-state index in [1.54, 1.807) is 0 Å². The molecule has 0 bridgehead atoms. The second-order valence-electron chi connectivity index (χ2n) is 17.5. The van der Waals surface area contributed by atoms with Crippen LogP contribution in [-0.4, -0.2) is 79.3 Å². The van der Waals surface area contributed by atoms with Gasteiger partial charge in [0.15, 0.2) is 12.2 Å². The fraction of sp³-hybridized carbons (Fsp3) is 0.600. The molecule has 0 saturated heterocycles. The van der Waals surface area contributed by atoms with Gasteiger partial charge in [0.2, 0.25) is 0 Å². The van der Waals surface area contributed by atoms with Crippen molar-refractivity contribution in [2.45, 2.75) is 155 Å². The molecule has 2 aromatic carbocycles. The Morgan fingerprint density at radius 2 is 0.902 bits per heavy atom. The molecule has 1 fully saturated rings. The Bertz CT molecular complexity index is 1460. The predicted octanol–water partition coefficient (Wildman–Crippen LogP) is 7.01. The van der Waals surface area contributed by atoms with Crippen LogP contribution < -0.4 is 0 Å². The van der Waals surface area contributed by atoms with Gasteiger partial charge in [-0.15, -0.1) is 0 Å². The summed E-state index contributed by atoms with van der Waals surface area (Å²) in [6.07, 6.45) is 3.37. The number of carboxylic acid groups (broad SMARTS) is 2. The zero-order valence-electron chi connectivity index (χ0n) is 32.3. The smallest absolute Gasteiger partial charge is 0.335 e. The summed E-state index contributed by atoms with van der Waals surface area (Å²) in [5.41, 5.74) is 5.39. The summed E-state index contributed by atoms with van der Waals surface area (Å²) in [6, 6.07) is 8.53. The standard InChI is InChI=1S/C36H54N2O2.C4H6O6.Co/c1-33(2,3)25-17-23(31(39)27(19-25)35(7,8)9)21-37-29-15-13-14-16-30(29)38-22-24-18-26(34(4,5)6)20-28(32(24)40)36(10,11)12;5-1(3(7)8)2(6)4(9)10;/h17-22,29-30,39-40H,13-16H2,1-12H3;1-2,5-6H,(H,7,8)(H,9,10);/t29-,30-;1-,2-;/m11./s1. The van der Waals surface area contributed by atoms with E-state index in [0.717, 1.165) is 47.9 Å². The molecule has 1 aliphatic carbocycles. The van der Waals surface area contributed by atoms with Crippen LogP contribution in [0.15, 0.2) is 34.3 Å². The number of aromatic hydroxyl groups is 2. The number of aliphatic imine (C=N–C) groups is 2. The maximum Gasteiger partial charge on any atom is 0.335 e. The number of aliphatic hydroxyl groups excluding tert-OH is 2. The number of carboxylic acids is 2. The van der Waals surface area contributed by atoms with Crippen LogP contribution in [0.1, 0.15) is 142 Å². The van der Waals surface area contributed by atoms with Crippen LogP contribution in [-0.2, 0) is 48.0 Å². The Kier molecular flexibility index (Phi) is 15.7. The van der Waals surface area contributed by atoms with Crippen LogP contribution in [0.25, 0.3) is 0 Å². The summed E-state index contributed by atoms with van der Waals surface area (Å²) >= 11 is 0. The molecule has 1 radical (unpaired) electrons. The van der Waals surface area contributed by atoms with E-state index in [-0.39, 0.29) is 50.5 Å². The molecule has 2 aromatic rings. The minimum atomic E-state index is -2.27. The monoisotopic (exact) mass is 755 g/mol. The van der Waals surface area contributed by atoms with E-state index in [0.29, 0.717) is 11.5 Å². The number of benzene rings is 2. The van der Waals surface area contributed by atoms with E-state index in [4.69, 9.17) is 30.4 Å². The number of carbonyl (C=O) groups is 2. The second-order valence-corrected chi connectivity index (χ2v) is 17.5. The van der Waals surface area contributed by atoms with Gasteiger partial charge in [-0.25, -0.2) is 9.59 Å². The second kappa shape index (κ2) is 17.5. The Morgan fingerprint density at radius 3 is 1.14 bits per heavy atom. The number of hydrogen-bond donors (Lipinski definition) is 6. The van der Waals surface area contributed by atoms with E-state index < -0.39 is 24.1 Å². The summed E-state index contributed by atoms with van der Waals surface area (Å²) < 4.78 is 0. The first-order chi connectivity index (χ1) is 22.7. The van der Waals surface area contributed by atoms with Gasteiger partial charge < -0.3 is 30.6 Å². The van der Waals surface area contributed by atoms with Gasteiger partial charge in [-0.05, 0) is 57.8 Å². The van der Waals surface area contributed by atoms with Gasteiger partial charge in [-0.3, -0.25) is 9.98 Å². The topological polar surface area (TPSA) is 180 Å². The number of aliphatic hydroxyl groups is 2. The van der Waals surface area contributed by atoms with Gasteiger partial charge in [0, 0.05) is 51.5 Å². The fourth-order valence-corrected chi connectivity index (χ4v) is 5.58. The maximum absolute atomic E-state index is 11.2. The van der Waals surface area contributed by atoms with Gasteiger partial charge in [0.25, 0.3) is 0 Å². The Morgan fingerprint density at radius 1 is 0.608 bits per heavy atom. The molecule has 0 amide bonds. The van der Waals surface area contributed by atoms with Gasteiger partial charge in [0.05, 0.1) is 12.1 Å². The molecule has 0 unspecified atom stereocenters. The molecule has 4 atom stereocenters. The Balaban J connectivity index is 0.00000103. The minimum Gasteiger partial charge on any atom is -0.507 e. The number of aliphatic carboxylic acids is 2. The zero-order chi connectivity index (χ0) is 38.6. The van der Waals surface area contributed by atoms with Crippen LogP contribution in [0, 0.1) is 0 Å². The van der Waals surface area contributed by atoms with E-state index in [1.165, 1.54) is 11.1 Å². The molecule has 3 rings (SSSR count). The molecule has 1 aliphatic rings. The molecule has 11 heteroatoms. The van der Waals surface area contributed by atoms with E-state index in [9.17, 15) is 19.8 Å². The molecular weight excluding hydrogens is 695 g/mol. The summed E-state index contributed by atoms with van der Waals surface area (Å²) in [5.74, 6) is -2.90. The summed E-state index contributed by atoms with van der Waals surface area (Å²) in [4.78, 5) is 29.6. The molecular formula is C40H60CoN2O8. The minimum absolute atomic E-state index is 0. The fourth-order valence-electron chi connectivity index (χ4n) is 5.58. The van der Waals surface area contributed by atoms with E-state index in [2.05, 4.69) is 107 Å². The molecule has 0 aliphatic heterocycles. The first-order valence-electron chi connectivity index (χ1n) is 17.3. The van der Waals surface area contributed by atoms with Crippen molar-refractivity contribution < 1.29 is 57.0 Å². The SMILES string of the molecule is CC(C)(C)c1cc(C=N[C@@H]2CCCC[C@H]2N=Cc2cc(C(C)(C)C)cc(C(C)(C)C)c2O)c(O)c(C(C)(C)C)c1.O=C(O)[C@H](O)[C@@H](O)C(=O)O.[Co]. The van der Waals surface area contributed by atoms with Gasteiger partial charge in [-0.1, -0.05) is 108 Å². The molecule has 1 saturated carbocycles. The average Bonchev–Trinajstić information content (AvgIpc) is 2.97. The maximum atomic E-state index is 11.2. The average molecular weight is 756 g/mol. The third-order valence-corrected chi connectivity index (χ3v) is 8.94. The summed E-state index contributed by atoms with van der Waals surface area (Å²) in [5, 5.41) is 55.0. The number of phenolic OH excluding ortho intramolecular Hbond substituents is 2. The molecule has 51 heavy (non-hydrogen) atoms. The van der Waals surface area contributed by atoms with Crippen molar-refractivity contribution >= 4 is 24.4 Å². The largest absolute Gasteiger partial charge is 0.507 e. The Labute approximate surface area is 314 Å². The molecule has 287 valence electrons. The number of nitrogens with zero attached hydrogens (tertiary/aromatic N) is 2. The van der Waals surface area contributed by atoms with Gasteiger partial charge in [-0.2, -0.15) is 0 Å². The number of hydrogen-bond acceptors (Lipinski definition) is 8. The van der Waals surface area contributed by atoms with Crippen LogP contribution in [0.5, 0.6) is 11.5 Å². The number of rotatable bonds is 7. The van der Waals surface area contributed by atoms with Crippen molar-refractivity contribution in [3.8, 4) is 11.5 Å². The van der Waals surface area contributed by atoms with Crippen LogP contribution in [0.4, 0.5) is 0 Å². The summed E-state index contributed by atoms with van der Waals surface area (Å²) in [7, 11) is 0. The quantitative estimate of drug-likeness (QED) is 0.163. The zero-order valence-corrected chi connectivity index (χ0v) is 33.4. The third kappa shape index (κ3) is 12.7. The molecule has 0 aromatic heterocycles. The van der Waals surface area contributed by atoms with Crippen molar-refractivity contribution in [1.29, 1.82) is 0 Å². The first kappa shape index (κ1) is 45.8. The van der Waals surface area contributed by atoms with Crippen LogP contribution >= 0.6 is 0 Å². The van der Waals surface area contributed by atoms with Crippen molar-refractivity contribution in [3.05, 3.63) is 57.6 Å². The van der Waals surface area contributed by atoms with E-state index in [1.807, 2.05) is 12.4 Å². The predicted molar refractivity (Wildman–Crippen MR) is 200 cm³/mol. The van der Waals surface area contributed by atoms with Crippen molar-refractivity contribution in [2.75, 3.05) is 0 Å². The van der Waals surface area contributed by atoms with Crippen LogP contribution in [0.2, 0.25) is 0 Å². The van der Waals surface area contributed by atoms with Crippen molar-refractivity contribution in [1.82, 2.24) is 0 Å². The molecule has 10 nitrogen and oxygen atoms in total. The third-order valence-electron chi connectivity index (χ3n) is 8.94.